The van der Waals surface area contributed by atoms with E-state index in [-0.39, 0.29) is 11.4 Å². The molecule has 3 N–H and O–H groups in total. The number of hydrogen-bond acceptors (Lipinski definition) is 5. The summed E-state index contributed by atoms with van der Waals surface area (Å²) in [6, 6.07) is 0. The fourth-order valence-electron chi connectivity index (χ4n) is 1.03. The average molecular weight is 246 g/mol. The van der Waals surface area contributed by atoms with Gasteiger partial charge < -0.3 is 10.3 Å². The first-order chi connectivity index (χ1) is 7.49. The van der Waals surface area contributed by atoms with Crippen LogP contribution in [0.1, 0.15) is 6.42 Å². The summed E-state index contributed by atoms with van der Waals surface area (Å²) >= 11 is 0. The highest BCUT2D eigenvalue weighted by Gasteiger charge is 2.00. The number of aromatic nitrogens is 2. The number of nitrogens with one attached hydrogen (secondary N) is 3. The smallest absolute Gasteiger partial charge is 0.290 e. The maximum absolute atomic E-state index is 11.2. The fraction of sp³-hybridized carbons (Fsp3) is 0.500. The van der Waals surface area contributed by atoms with Crippen LogP contribution in [0.4, 0.5) is 5.82 Å². The number of H-pyrrole nitrogens is 1. The highest BCUT2D eigenvalue weighted by atomic mass is 32.2. The predicted octanol–water partition coefficient (Wildman–Crippen LogP) is -0.879. The minimum atomic E-state index is -3.14. The largest absolute Gasteiger partial charge is 0.365 e. The number of sulfonamides is 1. The Hall–Kier alpha value is -1.41. The third kappa shape index (κ3) is 4.89. The van der Waals surface area contributed by atoms with Gasteiger partial charge in [-0.25, -0.2) is 18.1 Å². The van der Waals surface area contributed by atoms with Crippen LogP contribution in [-0.4, -0.2) is 37.7 Å². The molecule has 0 bridgehead atoms. The number of anilines is 1. The van der Waals surface area contributed by atoms with Crippen LogP contribution in [0.5, 0.6) is 0 Å². The van der Waals surface area contributed by atoms with Gasteiger partial charge in [0.25, 0.3) is 5.56 Å². The van der Waals surface area contributed by atoms with Gasteiger partial charge in [0.1, 0.15) is 0 Å². The molecular weight excluding hydrogens is 232 g/mol. The van der Waals surface area contributed by atoms with Gasteiger partial charge in [0.05, 0.1) is 6.26 Å². The van der Waals surface area contributed by atoms with Crippen LogP contribution in [0.25, 0.3) is 0 Å². The highest BCUT2D eigenvalue weighted by molar-refractivity contribution is 7.88. The maximum Gasteiger partial charge on any atom is 0.290 e. The van der Waals surface area contributed by atoms with Crippen molar-refractivity contribution in [3.8, 4) is 0 Å². The summed E-state index contributed by atoms with van der Waals surface area (Å²) in [4.78, 5) is 17.5. The molecule has 0 spiro atoms. The molecule has 8 heteroatoms. The monoisotopic (exact) mass is 246 g/mol. The lowest BCUT2D eigenvalue weighted by atomic mass is 10.4. The van der Waals surface area contributed by atoms with E-state index in [9.17, 15) is 13.2 Å². The Bertz CT molecular complexity index is 482. The first-order valence-corrected chi connectivity index (χ1v) is 6.60. The molecule has 16 heavy (non-hydrogen) atoms. The van der Waals surface area contributed by atoms with Crippen molar-refractivity contribution in [1.82, 2.24) is 14.7 Å². The molecule has 0 fully saturated rings. The van der Waals surface area contributed by atoms with Crippen LogP contribution in [-0.2, 0) is 10.0 Å². The molecule has 0 saturated heterocycles. The molecule has 0 aromatic carbocycles. The van der Waals surface area contributed by atoms with Crippen molar-refractivity contribution in [2.45, 2.75) is 6.42 Å². The van der Waals surface area contributed by atoms with Gasteiger partial charge in [0.15, 0.2) is 5.82 Å². The average Bonchev–Trinajstić information content (AvgIpc) is 2.18. The maximum atomic E-state index is 11.2. The first kappa shape index (κ1) is 12.7. The third-order valence-corrected chi connectivity index (χ3v) is 2.45. The molecule has 0 aliphatic rings. The molecule has 0 radical (unpaired) electrons. The standard InChI is InChI=1S/C8H14N4O3S/c1-16(14,15)12-4-2-3-9-7-8(13)11-6-5-10-7/h5-6,12H,2-4H2,1H3,(H,9,10)(H,11,13). The van der Waals surface area contributed by atoms with Crippen molar-refractivity contribution in [2.75, 3.05) is 24.7 Å². The minimum Gasteiger partial charge on any atom is -0.365 e. The summed E-state index contributed by atoms with van der Waals surface area (Å²) in [5.74, 6) is 0.238. The summed E-state index contributed by atoms with van der Waals surface area (Å²) in [6.07, 6.45) is 4.59. The van der Waals surface area contributed by atoms with E-state index in [1.54, 1.807) is 0 Å². The molecule has 0 aliphatic carbocycles. The van der Waals surface area contributed by atoms with Crippen molar-refractivity contribution in [3.63, 3.8) is 0 Å². The van der Waals surface area contributed by atoms with Crippen molar-refractivity contribution >= 4 is 15.8 Å². The van der Waals surface area contributed by atoms with E-state index in [4.69, 9.17) is 0 Å². The molecule has 1 aromatic heterocycles. The van der Waals surface area contributed by atoms with Crippen LogP contribution in [0.3, 0.4) is 0 Å². The van der Waals surface area contributed by atoms with Gasteiger partial charge >= 0.3 is 0 Å². The summed E-state index contributed by atoms with van der Waals surface area (Å²) in [7, 11) is -3.14. The summed E-state index contributed by atoms with van der Waals surface area (Å²) in [5.41, 5.74) is -0.293. The summed E-state index contributed by atoms with van der Waals surface area (Å²) in [6.45, 7) is 0.805. The summed E-state index contributed by atoms with van der Waals surface area (Å²) in [5, 5.41) is 2.81. The van der Waals surface area contributed by atoms with Gasteiger partial charge in [-0.15, -0.1) is 0 Å². The van der Waals surface area contributed by atoms with E-state index < -0.39 is 10.0 Å². The van der Waals surface area contributed by atoms with Crippen molar-refractivity contribution < 1.29 is 8.42 Å². The number of aromatic amines is 1. The molecule has 0 unspecified atom stereocenters. The SMILES string of the molecule is CS(=O)(=O)NCCCNc1ncc[nH]c1=O. The van der Waals surface area contributed by atoms with Crippen molar-refractivity contribution in [2.24, 2.45) is 0 Å². The molecule has 90 valence electrons. The zero-order chi connectivity index (χ0) is 12.0. The molecule has 0 saturated carbocycles. The molecule has 1 aromatic rings. The van der Waals surface area contributed by atoms with Crippen LogP contribution in [0, 0.1) is 0 Å². The van der Waals surface area contributed by atoms with E-state index in [0.29, 0.717) is 19.5 Å². The quantitative estimate of drug-likeness (QED) is 0.565. The molecule has 1 heterocycles. The fourth-order valence-corrected chi connectivity index (χ4v) is 1.55. The number of rotatable bonds is 6. The van der Waals surface area contributed by atoms with Gasteiger partial charge in [-0.2, -0.15) is 0 Å². The van der Waals surface area contributed by atoms with Crippen LogP contribution in [0.15, 0.2) is 17.2 Å². The van der Waals surface area contributed by atoms with Crippen LogP contribution >= 0.6 is 0 Å². The Kier molecular flexibility index (Phi) is 4.44. The topological polar surface area (TPSA) is 104 Å². The van der Waals surface area contributed by atoms with Gasteiger partial charge in [-0.3, -0.25) is 4.79 Å². The van der Waals surface area contributed by atoms with E-state index in [0.717, 1.165) is 6.26 Å². The number of hydrogen-bond donors (Lipinski definition) is 3. The Morgan fingerprint density at radius 3 is 2.81 bits per heavy atom. The molecule has 0 amide bonds. The van der Waals surface area contributed by atoms with Crippen molar-refractivity contribution in [3.05, 3.63) is 22.7 Å². The Labute approximate surface area is 93.4 Å². The van der Waals surface area contributed by atoms with Crippen LogP contribution < -0.4 is 15.6 Å². The predicted molar refractivity (Wildman–Crippen MR) is 60.8 cm³/mol. The molecule has 0 atom stereocenters. The second kappa shape index (κ2) is 5.61. The Morgan fingerprint density at radius 1 is 1.44 bits per heavy atom. The van der Waals surface area contributed by atoms with E-state index in [1.165, 1.54) is 12.4 Å². The summed E-state index contributed by atoms with van der Waals surface area (Å²) < 4.78 is 23.8. The first-order valence-electron chi connectivity index (χ1n) is 4.71. The molecular formula is C8H14N4O3S. The van der Waals surface area contributed by atoms with Crippen LogP contribution in [0.2, 0.25) is 0 Å². The van der Waals surface area contributed by atoms with E-state index >= 15 is 0 Å². The van der Waals surface area contributed by atoms with Gasteiger partial charge in [-0.1, -0.05) is 0 Å². The Morgan fingerprint density at radius 2 is 2.19 bits per heavy atom. The lowest BCUT2D eigenvalue weighted by Crippen LogP contribution is -2.25. The number of nitrogens with zero attached hydrogens (tertiary/aromatic N) is 1. The third-order valence-electron chi connectivity index (χ3n) is 1.72. The van der Waals surface area contributed by atoms with Gasteiger partial charge in [0, 0.05) is 25.5 Å². The highest BCUT2D eigenvalue weighted by Crippen LogP contribution is 1.90. The zero-order valence-electron chi connectivity index (χ0n) is 8.86. The van der Waals surface area contributed by atoms with Crippen molar-refractivity contribution in [1.29, 1.82) is 0 Å². The Balaban J connectivity index is 2.27. The molecule has 7 nitrogen and oxygen atoms in total. The van der Waals surface area contributed by atoms with E-state index in [2.05, 4.69) is 20.0 Å². The van der Waals surface area contributed by atoms with E-state index in [1.807, 2.05) is 0 Å². The zero-order valence-corrected chi connectivity index (χ0v) is 9.67. The second-order valence-corrected chi connectivity index (χ2v) is 5.05. The molecule has 1 rings (SSSR count). The lowest BCUT2D eigenvalue weighted by molar-refractivity contribution is 0.586. The van der Waals surface area contributed by atoms with Gasteiger partial charge in [-0.05, 0) is 6.42 Å². The van der Waals surface area contributed by atoms with Gasteiger partial charge in [0.2, 0.25) is 10.0 Å². The minimum absolute atomic E-state index is 0.238. The molecule has 0 aliphatic heterocycles. The lowest BCUT2D eigenvalue weighted by Gasteiger charge is -2.04. The second-order valence-electron chi connectivity index (χ2n) is 3.21. The normalized spacial score (nSPS) is 11.3.